The van der Waals surface area contributed by atoms with E-state index in [0.717, 1.165) is 11.4 Å². The molecule has 0 saturated carbocycles. The van der Waals surface area contributed by atoms with Crippen LogP contribution in [0.5, 0.6) is 5.75 Å². The molecule has 0 fully saturated rings. The molecule has 0 amide bonds. The normalized spacial score (nSPS) is 11.0. The Morgan fingerprint density at radius 1 is 1.23 bits per heavy atom. The van der Waals surface area contributed by atoms with Crippen LogP contribution in [0.25, 0.3) is 0 Å². The number of carbonyl (C=O) groups excluding carboxylic acids is 1. The van der Waals surface area contributed by atoms with Crippen LogP contribution in [0.15, 0.2) is 24.3 Å². The number of nitrogens with zero attached hydrogens (tertiary/aromatic N) is 1. The Morgan fingerprint density at radius 2 is 1.91 bits per heavy atom. The topological polar surface area (TPSA) is 31.2 Å². The van der Waals surface area contributed by atoms with Gasteiger partial charge in [-0.05, 0) is 52.0 Å². The van der Waals surface area contributed by atoms with Crippen molar-refractivity contribution in [1.82, 2.24) is 4.57 Å². The number of hydrogen-bond acceptors (Lipinski definition) is 2. The predicted octanol–water partition coefficient (Wildman–Crippen LogP) is 5.25. The van der Waals surface area contributed by atoms with Crippen molar-refractivity contribution in [1.29, 1.82) is 0 Å². The fourth-order valence-corrected chi connectivity index (χ4v) is 3.13. The number of Topliss-reactive ketones (excluding diaryl/α,β-unsaturated/α-hetero) is 1. The van der Waals surface area contributed by atoms with Gasteiger partial charge in [-0.2, -0.15) is 0 Å². The van der Waals surface area contributed by atoms with Gasteiger partial charge >= 0.3 is 0 Å². The third kappa shape index (κ3) is 3.47. The molecule has 0 saturated heterocycles. The molecule has 5 heteroatoms. The quantitative estimate of drug-likeness (QED) is 0.696. The Balaban J connectivity index is 2.15. The molecule has 1 aromatic carbocycles. The molecule has 0 atom stereocenters. The van der Waals surface area contributed by atoms with Gasteiger partial charge in [0.25, 0.3) is 0 Å². The van der Waals surface area contributed by atoms with Gasteiger partial charge in [-0.3, -0.25) is 4.79 Å². The first-order valence-electron chi connectivity index (χ1n) is 7.10. The molecule has 0 spiro atoms. The molecule has 0 bridgehead atoms. The van der Waals surface area contributed by atoms with E-state index in [1.165, 1.54) is 0 Å². The van der Waals surface area contributed by atoms with E-state index in [9.17, 15) is 4.79 Å². The molecule has 2 rings (SSSR count). The highest BCUT2D eigenvalue weighted by atomic mass is 35.5. The van der Waals surface area contributed by atoms with Crippen LogP contribution in [-0.2, 0) is 0 Å². The number of aryl methyl sites for hydroxylation is 1. The smallest absolute Gasteiger partial charge is 0.202 e. The molecule has 0 unspecified atom stereocenters. The van der Waals surface area contributed by atoms with Crippen molar-refractivity contribution >= 4 is 29.0 Å². The van der Waals surface area contributed by atoms with Gasteiger partial charge in [0, 0.05) is 28.0 Å². The maximum atomic E-state index is 12.4. The molecule has 1 aromatic heterocycles. The highest BCUT2D eigenvalue weighted by Gasteiger charge is 2.18. The molecule has 22 heavy (non-hydrogen) atoms. The molecule has 118 valence electrons. The number of benzene rings is 1. The predicted molar refractivity (Wildman–Crippen MR) is 90.6 cm³/mol. The zero-order chi connectivity index (χ0) is 16.4. The van der Waals surface area contributed by atoms with E-state index in [0.29, 0.717) is 27.4 Å². The van der Waals surface area contributed by atoms with Crippen LogP contribution in [0.1, 0.15) is 41.6 Å². The van der Waals surface area contributed by atoms with Crippen LogP contribution in [0.2, 0.25) is 10.0 Å². The first-order valence-corrected chi connectivity index (χ1v) is 7.86. The number of aromatic nitrogens is 1. The molecule has 3 nitrogen and oxygen atoms in total. The van der Waals surface area contributed by atoms with E-state index in [4.69, 9.17) is 27.9 Å². The summed E-state index contributed by atoms with van der Waals surface area (Å²) in [5.41, 5.74) is 2.72. The average molecular weight is 340 g/mol. The second-order valence-electron chi connectivity index (χ2n) is 5.54. The largest absolute Gasteiger partial charge is 0.484 e. The zero-order valence-corrected chi connectivity index (χ0v) is 14.6. The number of ketones is 1. The first-order chi connectivity index (χ1) is 10.3. The van der Waals surface area contributed by atoms with Crippen molar-refractivity contribution in [3.63, 3.8) is 0 Å². The van der Waals surface area contributed by atoms with E-state index in [2.05, 4.69) is 18.4 Å². The lowest BCUT2D eigenvalue weighted by atomic mass is 10.1. The fraction of sp³-hybridized carbons (Fsp3) is 0.353. The Morgan fingerprint density at radius 3 is 2.45 bits per heavy atom. The maximum absolute atomic E-state index is 12.4. The number of halogens is 2. The minimum atomic E-state index is -0.0639. The van der Waals surface area contributed by atoms with Crippen molar-refractivity contribution < 1.29 is 9.53 Å². The van der Waals surface area contributed by atoms with E-state index >= 15 is 0 Å². The molecule has 0 N–H and O–H groups in total. The zero-order valence-electron chi connectivity index (χ0n) is 13.1. The van der Waals surface area contributed by atoms with Crippen LogP contribution < -0.4 is 4.74 Å². The second-order valence-corrected chi connectivity index (χ2v) is 6.38. The number of ether oxygens (including phenoxy) is 1. The lowest BCUT2D eigenvalue weighted by Gasteiger charge is -2.13. The van der Waals surface area contributed by atoms with Crippen molar-refractivity contribution in [2.24, 2.45) is 0 Å². The molecule has 0 aliphatic heterocycles. The van der Waals surface area contributed by atoms with E-state index in [-0.39, 0.29) is 12.4 Å². The van der Waals surface area contributed by atoms with Crippen LogP contribution in [0.4, 0.5) is 0 Å². The lowest BCUT2D eigenvalue weighted by Crippen LogP contribution is -2.13. The van der Waals surface area contributed by atoms with E-state index < -0.39 is 0 Å². The second kappa shape index (κ2) is 6.76. The highest BCUT2D eigenvalue weighted by molar-refractivity contribution is 6.35. The lowest BCUT2D eigenvalue weighted by molar-refractivity contribution is 0.0921. The third-order valence-electron chi connectivity index (χ3n) is 3.55. The third-order valence-corrected chi connectivity index (χ3v) is 4.08. The summed E-state index contributed by atoms with van der Waals surface area (Å²) in [7, 11) is 0. The van der Waals surface area contributed by atoms with E-state index in [1.807, 2.05) is 19.9 Å². The summed E-state index contributed by atoms with van der Waals surface area (Å²) in [4.78, 5) is 12.4. The molecular weight excluding hydrogens is 321 g/mol. The Labute approximate surface area is 140 Å². The van der Waals surface area contributed by atoms with Crippen LogP contribution in [0, 0.1) is 13.8 Å². The molecular formula is C17H19Cl2NO2. The Hall–Kier alpha value is -1.45. The minimum Gasteiger partial charge on any atom is -0.484 e. The van der Waals surface area contributed by atoms with Gasteiger partial charge in [0.05, 0.1) is 5.02 Å². The van der Waals surface area contributed by atoms with Gasteiger partial charge in [0.2, 0.25) is 5.78 Å². The van der Waals surface area contributed by atoms with Gasteiger partial charge in [-0.1, -0.05) is 23.2 Å². The van der Waals surface area contributed by atoms with Gasteiger partial charge in [0.1, 0.15) is 5.75 Å². The van der Waals surface area contributed by atoms with Crippen molar-refractivity contribution in [3.05, 3.63) is 51.3 Å². The Bertz CT molecular complexity index is 705. The van der Waals surface area contributed by atoms with Gasteiger partial charge < -0.3 is 9.30 Å². The number of carbonyl (C=O) groups is 1. The monoisotopic (exact) mass is 339 g/mol. The van der Waals surface area contributed by atoms with Crippen LogP contribution in [0.3, 0.4) is 0 Å². The SMILES string of the molecule is Cc1cc(C(=O)COc2ccc(Cl)cc2Cl)c(C)n1C(C)C. The molecule has 0 aliphatic carbocycles. The minimum absolute atomic E-state index is 0.0518. The maximum Gasteiger partial charge on any atom is 0.202 e. The van der Waals surface area contributed by atoms with E-state index in [1.54, 1.807) is 18.2 Å². The summed E-state index contributed by atoms with van der Waals surface area (Å²) in [6, 6.07) is 7.15. The highest BCUT2D eigenvalue weighted by Crippen LogP contribution is 2.28. The summed E-state index contributed by atoms with van der Waals surface area (Å²) in [5, 5.41) is 0.928. The molecule has 0 radical (unpaired) electrons. The number of hydrogen-bond donors (Lipinski definition) is 0. The summed E-state index contributed by atoms with van der Waals surface area (Å²) >= 11 is 11.9. The van der Waals surface area contributed by atoms with Gasteiger partial charge in [0.15, 0.2) is 6.61 Å². The Kier molecular flexibility index (Phi) is 5.20. The summed E-state index contributed by atoms with van der Waals surface area (Å²) in [6.45, 7) is 8.09. The standard InChI is InChI=1S/C17H19Cl2NO2/c1-10(2)20-11(3)7-14(12(20)4)16(21)9-22-17-6-5-13(18)8-15(17)19/h5-8,10H,9H2,1-4H3. The van der Waals surface area contributed by atoms with Crippen molar-refractivity contribution in [3.8, 4) is 5.75 Å². The number of rotatable bonds is 5. The first kappa shape index (κ1) is 16.9. The van der Waals surface area contributed by atoms with Crippen LogP contribution >= 0.6 is 23.2 Å². The average Bonchev–Trinajstić information content (AvgIpc) is 2.72. The van der Waals surface area contributed by atoms with Gasteiger partial charge in [-0.15, -0.1) is 0 Å². The summed E-state index contributed by atoms with van der Waals surface area (Å²) in [5.74, 6) is 0.392. The van der Waals surface area contributed by atoms with Gasteiger partial charge in [-0.25, -0.2) is 0 Å². The fourth-order valence-electron chi connectivity index (χ4n) is 2.67. The summed E-state index contributed by atoms with van der Waals surface area (Å²) in [6.07, 6.45) is 0. The molecule has 0 aliphatic rings. The molecule has 2 aromatic rings. The molecule has 1 heterocycles. The summed E-state index contributed by atoms with van der Waals surface area (Å²) < 4.78 is 7.66. The van der Waals surface area contributed by atoms with Crippen LogP contribution in [-0.4, -0.2) is 17.0 Å². The van der Waals surface area contributed by atoms with Crippen molar-refractivity contribution in [2.75, 3.05) is 6.61 Å². The van der Waals surface area contributed by atoms with Crippen molar-refractivity contribution in [2.45, 2.75) is 33.7 Å².